The number of rotatable bonds is 15. The fourth-order valence-corrected chi connectivity index (χ4v) is 5.05. The van der Waals surface area contributed by atoms with Crippen molar-refractivity contribution in [3.8, 4) is 22.8 Å². The number of anilines is 1. The quantitative estimate of drug-likeness (QED) is 0.0559. The number of benzene rings is 3. The summed E-state index contributed by atoms with van der Waals surface area (Å²) in [5.41, 5.74) is 5.92. The Morgan fingerprint density at radius 3 is 2.13 bits per heavy atom. The molecule has 1 aromatic heterocycles. The van der Waals surface area contributed by atoms with E-state index in [1.807, 2.05) is 23.7 Å². The molecular formula is C31H36N4O3S. The number of amidine groups is 1. The van der Waals surface area contributed by atoms with Crippen LogP contribution >= 0.6 is 11.3 Å². The fourth-order valence-electron chi connectivity index (χ4n) is 4.10. The Hall–Kier alpha value is -3.88. The maximum Gasteiger partial charge on any atom is 0.183 e. The van der Waals surface area contributed by atoms with Crippen LogP contribution in [-0.2, 0) is 12.8 Å². The van der Waals surface area contributed by atoms with Gasteiger partial charge >= 0.3 is 0 Å². The van der Waals surface area contributed by atoms with E-state index in [2.05, 4.69) is 48.6 Å². The SMILES string of the molecule is CCc1sc(NCCc2ccccc2)nc1-c1ccc(OCCCCCOc2ccc(C(=N)NO)cc2)cc1. The molecular weight excluding hydrogens is 508 g/mol. The van der Waals surface area contributed by atoms with Gasteiger partial charge in [0.25, 0.3) is 0 Å². The number of hydrogen-bond donors (Lipinski definition) is 4. The Kier molecular flexibility index (Phi) is 10.7. The number of unbranched alkanes of at least 4 members (excludes halogenated alkanes) is 2. The van der Waals surface area contributed by atoms with Crippen LogP contribution in [0.25, 0.3) is 11.3 Å². The van der Waals surface area contributed by atoms with Crippen LogP contribution in [0, 0.1) is 5.41 Å². The molecule has 4 rings (SSSR count). The Morgan fingerprint density at radius 2 is 1.51 bits per heavy atom. The van der Waals surface area contributed by atoms with Crippen molar-refractivity contribution in [2.24, 2.45) is 0 Å². The molecule has 204 valence electrons. The van der Waals surface area contributed by atoms with Crippen molar-refractivity contribution in [2.75, 3.05) is 25.1 Å². The highest BCUT2D eigenvalue weighted by molar-refractivity contribution is 7.16. The number of hydroxylamine groups is 1. The Labute approximate surface area is 234 Å². The van der Waals surface area contributed by atoms with Gasteiger partial charge < -0.3 is 14.8 Å². The summed E-state index contributed by atoms with van der Waals surface area (Å²) < 4.78 is 11.7. The van der Waals surface area contributed by atoms with Crippen molar-refractivity contribution >= 4 is 22.3 Å². The minimum atomic E-state index is -0.0402. The lowest BCUT2D eigenvalue weighted by atomic mass is 10.1. The topological polar surface area (TPSA) is 99.5 Å². The molecule has 0 bridgehead atoms. The van der Waals surface area contributed by atoms with E-state index in [0.717, 1.165) is 66.5 Å². The molecule has 4 N–H and O–H groups in total. The Morgan fingerprint density at radius 1 is 0.872 bits per heavy atom. The number of hydrogen-bond acceptors (Lipinski definition) is 7. The smallest absolute Gasteiger partial charge is 0.183 e. The van der Waals surface area contributed by atoms with Crippen molar-refractivity contribution < 1.29 is 14.7 Å². The summed E-state index contributed by atoms with van der Waals surface area (Å²) in [6.45, 7) is 4.32. The van der Waals surface area contributed by atoms with Crippen molar-refractivity contribution in [1.82, 2.24) is 10.5 Å². The van der Waals surface area contributed by atoms with Crippen LogP contribution in [0.4, 0.5) is 5.13 Å². The van der Waals surface area contributed by atoms with Gasteiger partial charge in [0.15, 0.2) is 5.13 Å². The average Bonchev–Trinajstić information content (AvgIpc) is 3.40. The molecule has 0 aliphatic carbocycles. The van der Waals surface area contributed by atoms with Gasteiger partial charge in [-0.15, -0.1) is 11.3 Å². The summed E-state index contributed by atoms with van der Waals surface area (Å²) in [6.07, 6.45) is 4.82. The molecule has 8 heteroatoms. The minimum absolute atomic E-state index is 0.0402. The molecule has 0 saturated heterocycles. The first-order valence-corrected chi connectivity index (χ1v) is 14.2. The van der Waals surface area contributed by atoms with Gasteiger partial charge in [-0.05, 0) is 86.2 Å². The predicted molar refractivity (Wildman–Crippen MR) is 159 cm³/mol. The summed E-state index contributed by atoms with van der Waals surface area (Å²) >= 11 is 1.73. The number of aromatic nitrogens is 1. The zero-order valence-corrected chi connectivity index (χ0v) is 23.1. The van der Waals surface area contributed by atoms with Gasteiger partial charge in [-0.25, -0.2) is 4.98 Å². The summed E-state index contributed by atoms with van der Waals surface area (Å²) in [4.78, 5) is 6.17. The fraction of sp³-hybridized carbons (Fsp3) is 0.290. The first-order valence-electron chi connectivity index (χ1n) is 13.4. The molecule has 7 nitrogen and oxygen atoms in total. The maximum absolute atomic E-state index is 8.79. The average molecular weight is 545 g/mol. The summed E-state index contributed by atoms with van der Waals surface area (Å²) in [6, 6.07) is 25.8. The third-order valence-corrected chi connectivity index (χ3v) is 7.42. The van der Waals surface area contributed by atoms with Crippen molar-refractivity contribution in [3.05, 3.63) is 94.9 Å². The lowest BCUT2D eigenvalue weighted by molar-refractivity contribution is 0.234. The second kappa shape index (κ2) is 14.9. The van der Waals surface area contributed by atoms with Gasteiger partial charge in [0.2, 0.25) is 0 Å². The number of nitrogens with one attached hydrogen (secondary N) is 3. The largest absolute Gasteiger partial charge is 0.494 e. The number of aryl methyl sites for hydroxylation is 1. The first-order chi connectivity index (χ1) is 19.2. The third kappa shape index (κ3) is 8.56. The van der Waals surface area contributed by atoms with Crippen LogP contribution in [0.15, 0.2) is 78.9 Å². The lowest BCUT2D eigenvalue weighted by Crippen LogP contribution is -2.18. The van der Waals surface area contributed by atoms with Crippen LogP contribution < -0.4 is 20.3 Å². The number of ether oxygens (including phenoxy) is 2. The van der Waals surface area contributed by atoms with E-state index in [1.54, 1.807) is 35.6 Å². The Bertz CT molecular complexity index is 1290. The molecule has 0 atom stereocenters. The third-order valence-electron chi connectivity index (χ3n) is 6.26. The van der Waals surface area contributed by atoms with Gasteiger partial charge in [-0.3, -0.25) is 16.1 Å². The minimum Gasteiger partial charge on any atom is -0.494 e. The molecule has 0 aliphatic heterocycles. The van der Waals surface area contributed by atoms with Crippen LogP contribution in [0.3, 0.4) is 0 Å². The van der Waals surface area contributed by atoms with E-state index in [-0.39, 0.29) is 5.84 Å². The normalized spacial score (nSPS) is 10.7. The molecule has 0 spiro atoms. The molecule has 0 fully saturated rings. The molecule has 4 aromatic rings. The molecule has 3 aromatic carbocycles. The zero-order valence-electron chi connectivity index (χ0n) is 22.3. The highest BCUT2D eigenvalue weighted by Crippen LogP contribution is 2.32. The van der Waals surface area contributed by atoms with Gasteiger partial charge in [0, 0.05) is 22.5 Å². The van der Waals surface area contributed by atoms with E-state index in [1.165, 1.54) is 10.4 Å². The molecule has 0 unspecified atom stereocenters. The van der Waals surface area contributed by atoms with Crippen LogP contribution in [0.1, 0.15) is 42.2 Å². The highest BCUT2D eigenvalue weighted by atomic mass is 32.1. The van der Waals surface area contributed by atoms with Gasteiger partial charge in [0.05, 0.1) is 18.9 Å². The van der Waals surface area contributed by atoms with E-state index in [9.17, 15) is 0 Å². The van der Waals surface area contributed by atoms with Crippen LogP contribution in [0.5, 0.6) is 11.5 Å². The number of thiazole rings is 1. The molecule has 0 saturated carbocycles. The molecule has 0 amide bonds. The highest BCUT2D eigenvalue weighted by Gasteiger charge is 2.12. The summed E-state index contributed by atoms with van der Waals surface area (Å²) in [7, 11) is 0. The van der Waals surface area contributed by atoms with Gasteiger partial charge in [0.1, 0.15) is 17.3 Å². The van der Waals surface area contributed by atoms with Crippen LogP contribution in [-0.4, -0.2) is 35.8 Å². The van der Waals surface area contributed by atoms with Crippen molar-refractivity contribution in [3.63, 3.8) is 0 Å². The van der Waals surface area contributed by atoms with Crippen LogP contribution in [0.2, 0.25) is 0 Å². The zero-order chi connectivity index (χ0) is 27.3. The Balaban J connectivity index is 1.16. The summed E-state index contributed by atoms with van der Waals surface area (Å²) in [5.74, 6) is 1.58. The van der Waals surface area contributed by atoms with Gasteiger partial charge in [-0.2, -0.15) is 0 Å². The monoisotopic (exact) mass is 544 g/mol. The van der Waals surface area contributed by atoms with E-state index in [4.69, 9.17) is 25.1 Å². The van der Waals surface area contributed by atoms with Crippen molar-refractivity contribution in [2.45, 2.75) is 39.0 Å². The number of nitrogens with zero attached hydrogens (tertiary/aromatic N) is 1. The maximum atomic E-state index is 8.79. The first kappa shape index (κ1) is 28.1. The lowest BCUT2D eigenvalue weighted by Gasteiger charge is -2.09. The predicted octanol–water partition coefficient (Wildman–Crippen LogP) is 6.96. The van der Waals surface area contributed by atoms with Gasteiger partial charge in [-0.1, -0.05) is 37.3 Å². The molecule has 0 radical (unpaired) electrons. The molecule has 0 aliphatic rings. The van der Waals surface area contributed by atoms with E-state index >= 15 is 0 Å². The molecule has 1 heterocycles. The van der Waals surface area contributed by atoms with E-state index < -0.39 is 0 Å². The standard InChI is InChI=1S/C31H36N4O3S/c1-2-28-29(34-31(39-28)33-20-19-23-9-5-3-6-10-23)24-11-15-26(16-12-24)37-21-7-4-8-22-38-27-17-13-25(14-18-27)30(32)35-36/h3,5-6,9-18,36H,2,4,7-8,19-22H2,1H3,(H2,32,35)(H,33,34). The van der Waals surface area contributed by atoms with E-state index in [0.29, 0.717) is 18.8 Å². The second-order valence-corrected chi connectivity index (χ2v) is 10.2. The second-order valence-electron chi connectivity index (χ2n) is 9.10. The van der Waals surface area contributed by atoms with Crippen molar-refractivity contribution in [1.29, 1.82) is 5.41 Å². The molecule has 39 heavy (non-hydrogen) atoms. The summed E-state index contributed by atoms with van der Waals surface area (Å²) in [5, 5.41) is 20.8.